The molecule has 116 valence electrons. The number of nitrogens with one attached hydrogen (secondary N) is 1. The minimum absolute atomic E-state index is 0.118. The Morgan fingerprint density at radius 2 is 1.45 bits per heavy atom. The molecule has 0 aromatic rings. The topological polar surface area (TPSA) is 90.9 Å². The Morgan fingerprint density at radius 1 is 0.900 bits per heavy atom. The third kappa shape index (κ3) is 8.47. The number of ether oxygens (including phenoxy) is 3. The molecule has 1 atom stereocenters. The van der Waals surface area contributed by atoms with Crippen LogP contribution in [0, 0.1) is 0 Å². The van der Waals surface area contributed by atoms with E-state index in [0.717, 1.165) is 0 Å². The molecule has 0 aromatic carbocycles. The molecule has 0 aliphatic carbocycles. The molecule has 0 rings (SSSR count). The summed E-state index contributed by atoms with van der Waals surface area (Å²) in [4.78, 5) is 34.3. The number of esters is 3. The Hall–Kier alpha value is -1.63. The first-order valence-electron chi connectivity index (χ1n) is 6.76. The van der Waals surface area contributed by atoms with Gasteiger partial charge in [-0.1, -0.05) is 0 Å². The summed E-state index contributed by atoms with van der Waals surface area (Å²) in [5.74, 6) is -1.39. The fraction of sp³-hybridized carbons (Fsp3) is 0.769. The molecule has 0 radical (unpaired) electrons. The van der Waals surface area contributed by atoms with Gasteiger partial charge in [0.25, 0.3) is 0 Å². The molecule has 20 heavy (non-hydrogen) atoms. The van der Waals surface area contributed by atoms with Crippen LogP contribution in [-0.2, 0) is 28.6 Å². The monoisotopic (exact) mass is 289 g/mol. The van der Waals surface area contributed by atoms with Crippen LogP contribution in [0.5, 0.6) is 0 Å². The average molecular weight is 289 g/mol. The molecular weight excluding hydrogens is 266 g/mol. The summed E-state index contributed by atoms with van der Waals surface area (Å²) >= 11 is 0. The van der Waals surface area contributed by atoms with Gasteiger partial charge in [-0.25, -0.2) is 0 Å². The maximum absolute atomic E-state index is 11.7. The zero-order valence-corrected chi connectivity index (χ0v) is 12.3. The van der Waals surface area contributed by atoms with Gasteiger partial charge in [-0.3, -0.25) is 14.4 Å². The van der Waals surface area contributed by atoms with Crippen LogP contribution in [0.1, 0.15) is 33.6 Å². The highest BCUT2D eigenvalue weighted by molar-refractivity contribution is 5.82. The van der Waals surface area contributed by atoms with Crippen LogP contribution in [0.25, 0.3) is 0 Å². The van der Waals surface area contributed by atoms with Crippen LogP contribution in [0.3, 0.4) is 0 Å². The van der Waals surface area contributed by atoms with E-state index in [9.17, 15) is 14.4 Å². The summed E-state index contributed by atoms with van der Waals surface area (Å²) in [7, 11) is 0. The molecule has 0 aliphatic rings. The SMILES string of the molecule is CCOC(=O)CCN[C@@H](CC(=O)OCC)C(=O)OCC. The fourth-order valence-corrected chi connectivity index (χ4v) is 1.45. The predicted octanol–water partition coefficient (Wildman–Crippen LogP) is 0.414. The van der Waals surface area contributed by atoms with Crippen molar-refractivity contribution in [2.45, 2.75) is 39.7 Å². The molecule has 0 spiro atoms. The molecule has 7 nitrogen and oxygen atoms in total. The second kappa shape index (κ2) is 11.2. The van der Waals surface area contributed by atoms with E-state index in [1.807, 2.05) is 0 Å². The smallest absolute Gasteiger partial charge is 0.323 e. The maximum Gasteiger partial charge on any atom is 0.323 e. The summed E-state index contributed by atoms with van der Waals surface area (Å²) in [6.07, 6.45) is -0.0118. The van der Waals surface area contributed by atoms with Crippen molar-refractivity contribution >= 4 is 17.9 Å². The summed E-state index contributed by atoms with van der Waals surface area (Å²) in [6.45, 7) is 6.08. The lowest BCUT2D eigenvalue weighted by Crippen LogP contribution is -2.41. The van der Waals surface area contributed by atoms with Gasteiger partial charge in [0.05, 0.1) is 32.7 Å². The summed E-state index contributed by atoms with van der Waals surface area (Å²) in [6, 6.07) is -0.816. The van der Waals surface area contributed by atoms with Gasteiger partial charge in [0.2, 0.25) is 0 Å². The lowest BCUT2D eigenvalue weighted by atomic mass is 10.2. The molecule has 0 saturated carbocycles. The molecule has 0 heterocycles. The van der Waals surface area contributed by atoms with Gasteiger partial charge in [-0.2, -0.15) is 0 Å². The highest BCUT2D eigenvalue weighted by Gasteiger charge is 2.23. The summed E-state index contributed by atoms with van der Waals surface area (Å²) < 4.78 is 14.4. The first-order chi connectivity index (χ1) is 9.54. The largest absolute Gasteiger partial charge is 0.466 e. The second-order valence-electron chi connectivity index (χ2n) is 3.82. The average Bonchev–Trinajstić information content (AvgIpc) is 2.38. The molecule has 0 aromatic heterocycles. The third-order valence-corrected chi connectivity index (χ3v) is 2.27. The van der Waals surface area contributed by atoms with Gasteiger partial charge in [0, 0.05) is 6.54 Å². The highest BCUT2D eigenvalue weighted by Crippen LogP contribution is 1.99. The first kappa shape index (κ1) is 18.4. The van der Waals surface area contributed by atoms with Crippen LogP contribution < -0.4 is 5.32 Å². The fourth-order valence-electron chi connectivity index (χ4n) is 1.45. The zero-order chi connectivity index (χ0) is 15.4. The van der Waals surface area contributed by atoms with Crippen molar-refractivity contribution in [2.75, 3.05) is 26.4 Å². The Kier molecular flexibility index (Phi) is 10.3. The van der Waals surface area contributed by atoms with Crippen molar-refractivity contribution in [3.8, 4) is 0 Å². The standard InChI is InChI=1S/C13H23NO6/c1-4-18-11(15)7-8-14-10(13(17)20-6-3)9-12(16)19-5-2/h10,14H,4-9H2,1-3H3/t10-/m0/s1. The van der Waals surface area contributed by atoms with Crippen molar-refractivity contribution < 1.29 is 28.6 Å². The molecule has 0 saturated heterocycles. The highest BCUT2D eigenvalue weighted by atomic mass is 16.5. The van der Waals surface area contributed by atoms with Crippen molar-refractivity contribution in [2.24, 2.45) is 0 Å². The van der Waals surface area contributed by atoms with Gasteiger partial charge in [0.1, 0.15) is 6.04 Å². The minimum Gasteiger partial charge on any atom is -0.466 e. The number of carbonyl (C=O) groups excluding carboxylic acids is 3. The van der Waals surface area contributed by atoms with Crippen LogP contribution in [0.4, 0.5) is 0 Å². The molecule has 0 bridgehead atoms. The second-order valence-corrected chi connectivity index (χ2v) is 3.82. The quantitative estimate of drug-likeness (QED) is 0.460. The molecule has 0 aliphatic heterocycles. The van der Waals surface area contributed by atoms with Crippen molar-refractivity contribution in [1.29, 1.82) is 0 Å². The normalized spacial score (nSPS) is 11.6. The summed E-state index contributed by atoms with van der Waals surface area (Å²) in [5.41, 5.74) is 0. The van der Waals surface area contributed by atoms with Crippen LogP contribution in [0.2, 0.25) is 0 Å². The van der Waals surface area contributed by atoms with E-state index in [0.29, 0.717) is 6.61 Å². The summed E-state index contributed by atoms with van der Waals surface area (Å²) in [5, 5.41) is 2.81. The van der Waals surface area contributed by atoms with Gasteiger partial charge in [-0.05, 0) is 20.8 Å². The lowest BCUT2D eigenvalue weighted by molar-refractivity contribution is -0.152. The molecule has 1 N–H and O–H groups in total. The maximum atomic E-state index is 11.7. The van der Waals surface area contributed by atoms with E-state index in [-0.39, 0.29) is 38.6 Å². The lowest BCUT2D eigenvalue weighted by Gasteiger charge is -2.16. The van der Waals surface area contributed by atoms with Gasteiger partial charge < -0.3 is 19.5 Å². The van der Waals surface area contributed by atoms with E-state index < -0.39 is 18.0 Å². The molecule has 0 amide bonds. The predicted molar refractivity (Wildman–Crippen MR) is 70.9 cm³/mol. The van der Waals surface area contributed by atoms with Crippen molar-refractivity contribution in [3.63, 3.8) is 0 Å². The van der Waals surface area contributed by atoms with Crippen molar-refractivity contribution in [1.82, 2.24) is 5.32 Å². The van der Waals surface area contributed by atoms with Crippen molar-refractivity contribution in [3.05, 3.63) is 0 Å². The Bertz CT molecular complexity index is 318. The van der Waals surface area contributed by atoms with Crippen LogP contribution >= 0.6 is 0 Å². The number of hydrogen-bond acceptors (Lipinski definition) is 7. The Morgan fingerprint density at radius 3 is 2.00 bits per heavy atom. The van der Waals surface area contributed by atoms with Gasteiger partial charge in [0.15, 0.2) is 0 Å². The van der Waals surface area contributed by atoms with Crippen LogP contribution in [-0.4, -0.2) is 50.3 Å². The van der Waals surface area contributed by atoms with E-state index in [2.05, 4.69) is 5.32 Å². The molecular formula is C13H23NO6. The number of hydrogen-bond donors (Lipinski definition) is 1. The third-order valence-electron chi connectivity index (χ3n) is 2.27. The van der Waals surface area contributed by atoms with Gasteiger partial charge in [-0.15, -0.1) is 0 Å². The zero-order valence-electron chi connectivity index (χ0n) is 12.3. The first-order valence-corrected chi connectivity index (χ1v) is 6.76. The molecule has 0 unspecified atom stereocenters. The van der Waals surface area contributed by atoms with E-state index >= 15 is 0 Å². The number of carbonyl (C=O) groups is 3. The molecule has 0 fully saturated rings. The van der Waals surface area contributed by atoms with Crippen LogP contribution in [0.15, 0.2) is 0 Å². The minimum atomic E-state index is -0.816. The van der Waals surface area contributed by atoms with Gasteiger partial charge >= 0.3 is 17.9 Å². The molecule has 7 heteroatoms. The Balaban J connectivity index is 4.27. The van der Waals surface area contributed by atoms with E-state index in [1.54, 1.807) is 20.8 Å². The van der Waals surface area contributed by atoms with E-state index in [4.69, 9.17) is 14.2 Å². The van der Waals surface area contributed by atoms with E-state index in [1.165, 1.54) is 0 Å². The Labute approximate surface area is 118 Å². The number of rotatable bonds is 10.